The van der Waals surface area contributed by atoms with Crippen molar-refractivity contribution in [3.8, 4) is 9.75 Å². The summed E-state index contributed by atoms with van der Waals surface area (Å²) >= 11 is 3.43. The lowest BCUT2D eigenvalue weighted by molar-refractivity contribution is -0.0771. The number of nitrogen functional groups attached to an aromatic ring is 1. The van der Waals surface area contributed by atoms with Gasteiger partial charge in [-0.05, 0) is 44.0 Å². The number of nitrogens with zero attached hydrogens (tertiary/aromatic N) is 1. The van der Waals surface area contributed by atoms with E-state index in [2.05, 4.69) is 16.4 Å². The second-order valence-electron chi connectivity index (χ2n) is 5.37. The Morgan fingerprint density at radius 2 is 2.10 bits per heavy atom. The number of nitrogens with one attached hydrogen (secondary N) is 1. The van der Waals surface area contributed by atoms with Crippen LogP contribution in [0.25, 0.3) is 9.75 Å². The van der Waals surface area contributed by atoms with Crippen molar-refractivity contribution >= 4 is 27.8 Å². The Bertz CT molecular complexity index is 628. The number of thiophene rings is 1. The summed E-state index contributed by atoms with van der Waals surface area (Å²) in [6.07, 6.45) is 5.05. The summed E-state index contributed by atoms with van der Waals surface area (Å²) in [7, 11) is 0. The molecule has 1 fully saturated rings. The predicted molar refractivity (Wildman–Crippen MR) is 83.3 cm³/mol. The SMILES string of the molecule is Nc1ncc(-c2cc3c(s2)C2(CCNCC2)OCC3)s1. The highest BCUT2D eigenvalue weighted by Crippen LogP contribution is 2.47. The Balaban J connectivity index is 1.77. The van der Waals surface area contributed by atoms with Crippen LogP contribution < -0.4 is 11.1 Å². The van der Waals surface area contributed by atoms with Gasteiger partial charge in [-0.3, -0.25) is 0 Å². The number of aromatic nitrogens is 1. The third-order valence-corrected chi connectivity index (χ3v) is 6.54. The Kier molecular flexibility index (Phi) is 3.07. The molecule has 0 amide bonds. The van der Waals surface area contributed by atoms with Gasteiger partial charge < -0.3 is 15.8 Å². The Hall–Kier alpha value is -0.950. The summed E-state index contributed by atoms with van der Waals surface area (Å²) in [5.41, 5.74) is 7.17. The molecule has 0 radical (unpaired) electrons. The fourth-order valence-electron chi connectivity index (χ4n) is 3.15. The molecular formula is C14H17N3OS2. The molecule has 0 aromatic carbocycles. The Labute approximate surface area is 126 Å². The van der Waals surface area contributed by atoms with E-state index in [-0.39, 0.29) is 5.60 Å². The number of piperidine rings is 1. The molecule has 3 N–H and O–H groups in total. The molecule has 4 rings (SSSR count). The van der Waals surface area contributed by atoms with Crippen LogP contribution in [0, 0.1) is 0 Å². The molecule has 106 valence electrons. The van der Waals surface area contributed by atoms with Gasteiger partial charge in [0.2, 0.25) is 0 Å². The summed E-state index contributed by atoms with van der Waals surface area (Å²) < 4.78 is 6.22. The molecule has 4 heterocycles. The van der Waals surface area contributed by atoms with Gasteiger partial charge in [-0.2, -0.15) is 0 Å². The largest absolute Gasteiger partial charge is 0.375 e. The first-order valence-electron chi connectivity index (χ1n) is 6.96. The zero-order valence-corrected chi connectivity index (χ0v) is 12.8. The summed E-state index contributed by atoms with van der Waals surface area (Å²) in [6.45, 7) is 2.92. The normalized spacial score (nSPS) is 21.0. The highest BCUT2D eigenvalue weighted by molar-refractivity contribution is 7.23. The summed E-state index contributed by atoms with van der Waals surface area (Å²) in [5, 5.41) is 4.07. The van der Waals surface area contributed by atoms with E-state index in [9.17, 15) is 0 Å². The van der Waals surface area contributed by atoms with Crippen LogP contribution in [0.3, 0.4) is 0 Å². The van der Waals surface area contributed by atoms with Crippen molar-refractivity contribution in [3.05, 3.63) is 22.7 Å². The molecule has 0 unspecified atom stereocenters. The molecule has 0 atom stereocenters. The first-order chi connectivity index (χ1) is 9.77. The standard InChI is InChI=1S/C14H17N3OS2/c15-13-17-8-11(20-13)10-7-9-1-6-18-14(12(9)19-10)2-4-16-5-3-14/h7-8,16H,1-6H2,(H2,15,17). The molecule has 6 heteroatoms. The molecule has 2 aliphatic rings. The van der Waals surface area contributed by atoms with Crippen LogP contribution in [-0.4, -0.2) is 24.7 Å². The fourth-order valence-corrected chi connectivity index (χ4v) is 5.31. The summed E-state index contributed by atoms with van der Waals surface area (Å²) in [4.78, 5) is 8.06. The highest BCUT2D eigenvalue weighted by atomic mass is 32.1. The molecule has 0 saturated carbocycles. The van der Waals surface area contributed by atoms with E-state index < -0.39 is 0 Å². The van der Waals surface area contributed by atoms with Gasteiger partial charge >= 0.3 is 0 Å². The van der Waals surface area contributed by atoms with Gasteiger partial charge in [-0.15, -0.1) is 11.3 Å². The molecule has 20 heavy (non-hydrogen) atoms. The summed E-state index contributed by atoms with van der Waals surface area (Å²) in [6, 6.07) is 2.32. The van der Waals surface area contributed by atoms with E-state index in [4.69, 9.17) is 10.5 Å². The average Bonchev–Trinajstić information content (AvgIpc) is 3.07. The maximum atomic E-state index is 6.22. The minimum Gasteiger partial charge on any atom is -0.375 e. The number of hydrogen-bond acceptors (Lipinski definition) is 6. The molecule has 4 nitrogen and oxygen atoms in total. The van der Waals surface area contributed by atoms with E-state index in [0.717, 1.165) is 39.0 Å². The van der Waals surface area contributed by atoms with E-state index >= 15 is 0 Å². The Morgan fingerprint density at radius 1 is 1.25 bits per heavy atom. The van der Waals surface area contributed by atoms with Crippen LogP contribution in [0.4, 0.5) is 5.13 Å². The molecule has 0 bridgehead atoms. The lowest BCUT2D eigenvalue weighted by Crippen LogP contribution is -2.43. The minimum absolute atomic E-state index is 0.0437. The molecule has 1 spiro atoms. The zero-order chi connectivity index (χ0) is 13.6. The van der Waals surface area contributed by atoms with Gasteiger partial charge in [-0.1, -0.05) is 11.3 Å². The van der Waals surface area contributed by atoms with Crippen molar-refractivity contribution in [2.75, 3.05) is 25.4 Å². The van der Waals surface area contributed by atoms with Crippen LogP contribution in [0.5, 0.6) is 0 Å². The van der Waals surface area contributed by atoms with Gasteiger partial charge in [0.15, 0.2) is 5.13 Å². The maximum absolute atomic E-state index is 6.22. The van der Waals surface area contributed by atoms with Gasteiger partial charge in [0.1, 0.15) is 5.60 Å². The lowest BCUT2D eigenvalue weighted by atomic mass is 9.86. The predicted octanol–water partition coefficient (Wildman–Crippen LogP) is 2.61. The van der Waals surface area contributed by atoms with Crippen molar-refractivity contribution in [2.24, 2.45) is 0 Å². The van der Waals surface area contributed by atoms with Gasteiger partial charge in [0, 0.05) is 16.0 Å². The number of rotatable bonds is 1. The monoisotopic (exact) mass is 307 g/mol. The first-order valence-corrected chi connectivity index (χ1v) is 8.60. The minimum atomic E-state index is -0.0437. The van der Waals surface area contributed by atoms with Gasteiger partial charge in [0.05, 0.1) is 11.5 Å². The molecule has 1 saturated heterocycles. The van der Waals surface area contributed by atoms with Crippen LogP contribution in [0.1, 0.15) is 23.3 Å². The van der Waals surface area contributed by atoms with Crippen LogP contribution in [0.15, 0.2) is 12.3 Å². The van der Waals surface area contributed by atoms with E-state index in [1.54, 1.807) is 11.3 Å². The molecule has 2 aromatic heterocycles. The van der Waals surface area contributed by atoms with Crippen molar-refractivity contribution in [2.45, 2.75) is 24.9 Å². The highest BCUT2D eigenvalue weighted by Gasteiger charge is 2.40. The first kappa shape index (κ1) is 12.8. The third kappa shape index (κ3) is 1.98. The van der Waals surface area contributed by atoms with Crippen LogP contribution in [0.2, 0.25) is 0 Å². The van der Waals surface area contributed by atoms with Crippen molar-refractivity contribution in [1.82, 2.24) is 10.3 Å². The van der Waals surface area contributed by atoms with Crippen molar-refractivity contribution in [3.63, 3.8) is 0 Å². The average molecular weight is 307 g/mol. The zero-order valence-electron chi connectivity index (χ0n) is 11.1. The van der Waals surface area contributed by atoms with Gasteiger partial charge in [-0.25, -0.2) is 4.98 Å². The van der Waals surface area contributed by atoms with Crippen molar-refractivity contribution in [1.29, 1.82) is 0 Å². The topological polar surface area (TPSA) is 60.2 Å². The van der Waals surface area contributed by atoms with Crippen molar-refractivity contribution < 1.29 is 4.74 Å². The smallest absolute Gasteiger partial charge is 0.180 e. The van der Waals surface area contributed by atoms with Crippen LogP contribution >= 0.6 is 22.7 Å². The van der Waals surface area contributed by atoms with E-state index in [1.165, 1.54) is 20.2 Å². The molecule has 0 aliphatic carbocycles. The number of anilines is 1. The molecule has 2 aromatic rings. The molecule has 2 aliphatic heterocycles. The number of ether oxygens (including phenoxy) is 1. The number of fused-ring (bicyclic) bond motifs is 2. The number of hydrogen-bond donors (Lipinski definition) is 2. The summed E-state index contributed by atoms with van der Waals surface area (Å²) in [5.74, 6) is 0. The number of thiazole rings is 1. The second-order valence-corrected chi connectivity index (χ2v) is 7.48. The van der Waals surface area contributed by atoms with E-state index in [1.807, 2.05) is 17.5 Å². The lowest BCUT2D eigenvalue weighted by Gasteiger charge is -2.40. The number of nitrogens with two attached hydrogens (primary N) is 1. The molecular weight excluding hydrogens is 290 g/mol. The fraction of sp³-hybridized carbons (Fsp3) is 0.500. The Morgan fingerprint density at radius 3 is 2.85 bits per heavy atom. The second kappa shape index (κ2) is 4.80. The van der Waals surface area contributed by atoms with E-state index in [0.29, 0.717) is 5.13 Å². The third-order valence-electron chi connectivity index (χ3n) is 4.15. The van der Waals surface area contributed by atoms with Crippen LogP contribution in [-0.2, 0) is 16.8 Å². The quantitative estimate of drug-likeness (QED) is 0.850. The maximum Gasteiger partial charge on any atom is 0.180 e. The van der Waals surface area contributed by atoms with Gasteiger partial charge in [0.25, 0.3) is 0 Å².